The van der Waals surface area contributed by atoms with Crippen molar-refractivity contribution in [3.05, 3.63) is 106 Å². The maximum Gasteiger partial charge on any atom is 0.344 e. The first kappa shape index (κ1) is 27.3. The molecule has 0 fully saturated rings. The van der Waals surface area contributed by atoms with E-state index in [9.17, 15) is 25.0 Å². The molecule has 0 heterocycles. The molecule has 10 heteroatoms. The quantitative estimate of drug-likeness (QED) is 0.0693. The van der Waals surface area contributed by atoms with Gasteiger partial charge in [-0.05, 0) is 53.6 Å². The van der Waals surface area contributed by atoms with Crippen LogP contribution in [0.3, 0.4) is 0 Å². The molecule has 0 saturated heterocycles. The molecule has 4 aromatic rings. The van der Waals surface area contributed by atoms with Crippen molar-refractivity contribution in [2.24, 2.45) is 0 Å². The Labute approximate surface area is 229 Å². The summed E-state index contributed by atoms with van der Waals surface area (Å²) in [6.45, 7) is 2.04. The number of hydrogen-bond acceptors (Lipinski definition) is 8. The Morgan fingerprint density at radius 2 is 1.77 bits per heavy atom. The maximum absolute atomic E-state index is 13.0. The van der Waals surface area contributed by atoms with Crippen LogP contribution in [0.5, 0.6) is 17.2 Å². The first-order valence-corrected chi connectivity index (χ1v) is 12.1. The number of amides is 1. The van der Waals surface area contributed by atoms with Crippen LogP contribution < -0.4 is 19.5 Å². The fraction of sp³-hybridized carbons (Fsp3) is 0.100. The van der Waals surface area contributed by atoms with E-state index in [1.165, 1.54) is 31.4 Å². The molecule has 0 spiro atoms. The number of hydrogen-bond donors (Lipinski definition) is 1. The van der Waals surface area contributed by atoms with E-state index in [-0.39, 0.29) is 40.8 Å². The van der Waals surface area contributed by atoms with Crippen molar-refractivity contribution >= 4 is 40.1 Å². The Morgan fingerprint density at radius 3 is 2.50 bits per heavy atom. The summed E-state index contributed by atoms with van der Waals surface area (Å²) in [6.07, 6.45) is 1.34. The SMILES string of the molecule is CCOc1cc(C=C(C#N)C(=O)Nc2ccc([N+](=O)[O-])cc2OC)ccc1OC(=O)c1cccc2ccccc12. The molecule has 0 unspecified atom stereocenters. The highest BCUT2D eigenvalue weighted by Crippen LogP contribution is 2.32. The molecule has 0 aliphatic heterocycles. The normalized spacial score (nSPS) is 10.9. The highest BCUT2D eigenvalue weighted by molar-refractivity contribution is 6.10. The minimum atomic E-state index is -0.751. The van der Waals surface area contributed by atoms with Crippen LogP contribution in [0.4, 0.5) is 11.4 Å². The number of carbonyl (C=O) groups excluding carboxylic acids is 2. The number of rotatable bonds is 9. The van der Waals surface area contributed by atoms with Crippen LogP contribution in [0.15, 0.2) is 84.4 Å². The van der Waals surface area contributed by atoms with Crippen molar-refractivity contribution < 1.29 is 28.7 Å². The summed E-state index contributed by atoms with van der Waals surface area (Å²) < 4.78 is 16.5. The van der Waals surface area contributed by atoms with E-state index in [4.69, 9.17) is 14.2 Å². The van der Waals surface area contributed by atoms with Crippen molar-refractivity contribution in [3.63, 3.8) is 0 Å². The van der Waals surface area contributed by atoms with Gasteiger partial charge in [0, 0.05) is 6.07 Å². The van der Waals surface area contributed by atoms with Gasteiger partial charge in [-0.15, -0.1) is 0 Å². The van der Waals surface area contributed by atoms with E-state index in [0.717, 1.165) is 16.8 Å². The van der Waals surface area contributed by atoms with Gasteiger partial charge in [-0.3, -0.25) is 14.9 Å². The minimum absolute atomic E-state index is 0.0656. The highest BCUT2D eigenvalue weighted by Gasteiger charge is 2.18. The Kier molecular flexibility index (Phi) is 8.37. The third-order valence-electron chi connectivity index (χ3n) is 5.80. The van der Waals surface area contributed by atoms with Crippen molar-refractivity contribution in [3.8, 4) is 23.3 Å². The van der Waals surface area contributed by atoms with Gasteiger partial charge >= 0.3 is 5.97 Å². The van der Waals surface area contributed by atoms with Crippen molar-refractivity contribution in [2.45, 2.75) is 6.92 Å². The second-order valence-electron chi connectivity index (χ2n) is 8.32. The highest BCUT2D eigenvalue weighted by atomic mass is 16.6. The van der Waals surface area contributed by atoms with Gasteiger partial charge in [0.25, 0.3) is 11.6 Å². The number of nitriles is 1. The Hall–Kier alpha value is -5.69. The van der Waals surface area contributed by atoms with E-state index >= 15 is 0 Å². The van der Waals surface area contributed by atoms with Gasteiger partial charge in [0.05, 0.1) is 36.0 Å². The van der Waals surface area contributed by atoms with Gasteiger partial charge in [-0.2, -0.15) is 5.26 Å². The molecular weight excluding hydrogens is 514 g/mol. The standard InChI is InChI=1S/C30H23N3O7/c1-3-39-28-16-19(11-14-26(28)40-30(35)24-10-6-8-20-7-4-5-9-23(20)24)15-21(18-31)29(34)32-25-13-12-22(33(36)37)17-27(25)38-2/h4-17H,3H2,1-2H3,(H,32,34). The summed E-state index contributed by atoms with van der Waals surface area (Å²) in [7, 11) is 1.31. The van der Waals surface area contributed by atoms with Crippen LogP contribution >= 0.6 is 0 Å². The molecule has 0 aliphatic rings. The van der Waals surface area contributed by atoms with Gasteiger partial charge in [0.2, 0.25) is 0 Å². The number of nitrogens with zero attached hydrogens (tertiary/aromatic N) is 2. The minimum Gasteiger partial charge on any atom is -0.494 e. The molecular formula is C30H23N3O7. The molecule has 0 bridgehead atoms. The molecule has 0 radical (unpaired) electrons. The number of ether oxygens (including phenoxy) is 3. The third-order valence-corrected chi connectivity index (χ3v) is 5.80. The zero-order chi connectivity index (χ0) is 28.6. The fourth-order valence-corrected chi connectivity index (χ4v) is 3.93. The van der Waals surface area contributed by atoms with Crippen molar-refractivity contribution in [2.75, 3.05) is 19.0 Å². The molecule has 0 aliphatic carbocycles. The summed E-state index contributed by atoms with van der Waals surface area (Å²) >= 11 is 0. The molecule has 200 valence electrons. The number of nitrogens with one attached hydrogen (secondary N) is 1. The number of nitro benzene ring substituents is 1. The predicted molar refractivity (Wildman–Crippen MR) is 148 cm³/mol. The number of esters is 1. The lowest BCUT2D eigenvalue weighted by atomic mass is 10.0. The lowest BCUT2D eigenvalue weighted by Gasteiger charge is -2.13. The molecule has 1 amide bonds. The van der Waals surface area contributed by atoms with Crippen LogP contribution in [0.2, 0.25) is 0 Å². The average molecular weight is 538 g/mol. The zero-order valence-electron chi connectivity index (χ0n) is 21.5. The van der Waals surface area contributed by atoms with E-state index in [1.807, 2.05) is 36.4 Å². The average Bonchev–Trinajstić information content (AvgIpc) is 2.96. The Balaban J connectivity index is 1.58. The molecule has 0 saturated carbocycles. The summed E-state index contributed by atoms with van der Waals surface area (Å²) in [5, 5.41) is 24.8. The number of benzene rings is 4. The first-order chi connectivity index (χ1) is 19.3. The Bertz CT molecular complexity index is 1680. The number of carbonyl (C=O) groups is 2. The number of fused-ring (bicyclic) bond motifs is 1. The number of methoxy groups -OCH3 is 1. The van der Waals surface area contributed by atoms with Crippen LogP contribution in [0.1, 0.15) is 22.8 Å². The summed E-state index contributed by atoms with van der Waals surface area (Å²) in [5.41, 5.74) is 0.536. The fourth-order valence-electron chi connectivity index (χ4n) is 3.93. The zero-order valence-corrected chi connectivity index (χ0v) is 21.5. The third kappa shape index (κ3) is 6.06. The summed E-state index contributed by atoms with van der Waals surface area (Å²) in [5.74, 6) is -0.819. The van der Waals surface area contributed by atoms with Crippen molar-refractivity contribution in [1.82, 2.24) is 0 Å². The number of anilines is 1. The topological polar surface area (TPSA) is 141 Å². The van der Waals surface area contributed by atoms with Crippen LogP contribution in [0, 0.1) is 21.4 Å². The van der Waals surface area contributed by atoms with Gasteiger partial charge in [0.1, 0.15) is 17.4 Å². The van der Waals surface area contributed by atoms with Crippen LogP contribution in [-0.2, 0) is 4.79 Å². The van der Waals surface area contributed by atoms with E-state index < -0.39 is 16.8 Å². The molecule has 0 atom stereocenters. The smallest absolute Gasteiger partial charge is 0.344 e. The first-order valence-electron chi connectivity index (χ1n) is 12.1. The monoisotopic (exact) mass is 537 g/mol. The lowest BCUT2D eigenvalue weighted by molar-refractivity contribution is -0.384. The maximum atomic E-state index is 13.0. The van der Waals surface area contributed by atoms with Gasteiger partial charge in [-0.1, -0.05) is 42.5 Å². The van der Waals surface area contributed by atoms with Crippen LogP contribution in [0.25, 0.3) is 16.8 Å². The summed E-state index contributed by atoms with van der Waals surface area (Å²) in [4.78, 5) is 36.3. The van der Waals surface area contributed by atoms with E-state index in [0.29, 0.717) is 11.1 Å². The van der Waals surface area contributed by atoms with Crippen molar-refractivity contribution in [1.29, 1.82) is 5.26 Å². The molecule has 10 nitrogen and oxygen atoms in total. The molecule has 4 rings (SSSR count). The summed E-state index contributed by atoms with van der Waals surface area (Å²) in [6, 6.07) is 23.0. The van der Waals surface area contributed by atoms with E-state index in [1.54, 1.807) is 31.2 Å². The molecule has 1 N–H and O–H groups in total. The van der Waals surface area contributed by atoms with Crippen LogP contribution in [-0.4, -0.2) is 30.5 Å². The number of non-ortho nitro benzene ring substituents is 1. The molecule has 40 heavy (non-hydrogen) atoms. The second kappa shape index (κ2) is 12.2. The predicted octanol–water partition coefficient (Wildman–Crippen LogP) is 5.92. The molecule has 0 aromatic heterocycles. The largest absolute Gasteiger partial charge is 0.494 e. The number of nitro groups is 1. The Morgan fingerprint density at radius 1 is 1.00 bits per heavy atom. The lowest BCUT2D eigenvalue weighted by Crippen LogP contribution is -2.14. The second-order valence-corrected chi connectivity index (χ2v) is 8.32. The molecule has 4 aromatic carbocycles. The van der Waals surface area contributed by atoms with Gasteiger partial charge in [-0.25, -0.2) is 4.79 Å². The van der Waals surface area contributed by atoms with Gasteiger partial charge in [0.15, 0.2) is 11.5 Å². The van der Waals surface area contributed by atoms with Gasteiger partial charge < -0.3 is 19.5 Å². The van der Waals surface area contributed by atoms with E-state index in [2.05, 4.69) is 5.32 Å².